The fourth-order valence-electron chi connectivity index (χ4n) is 2.45. The number of benzene rings is 2. The van der Waals surface area contributed by atoms with Crippen LogP contribution in [0.4, 0.5) is 5.13 Å². The van der Waals surface area contributed by atoms with Crippen molar-refractivity contribution >= 4 is 57.3 Å². The fraction of sp³-hybridized carbons (Fsp3) is 0.250. The third-order valence-electron chi connectivity index (χ3n) is 3.78. The lowest BCUT2D eigenvalue weighted by molar-refractivity contribution is 0.102. The van der Waals surface area contributed by atoms with Gasteiger partial charge in [-0.2, -0.15) is 0 Å². The SMILES string of the molecule is CCOc1ccc(C(=O)Nc2nnc(SCc3ccc(Cl)c(Cl)c3)s2)cc1OCC. The van der Waals surface area contributed by atoms with Crippen molar-refractivity contribution in [3.8, 4) is 11.5 Å². The van der Waals surface area contributed by atoms with Crippen LogP contribution in [-0.4, -0.2) is 29.3 Å². The minimum absolute atomic E-state index is 0.295. The zero-order valence-electron chi connectivity index (χ0n) is 16.3. The summed E-state index contributed by atoms with van der Waals surface area (Å²) in [4.78, 5) is 12.6. The van der Waals surface area contributed by atoms with Crippen LogP contribution >= 0.6 is 46.3 Å². The van der Waals surface area contributed by atoms with E-state index in [1.165, 1.54) is 23.1 Å². The van der Waals surface area contributed by atoms with Gasteiger partial charge < -0.3 is 9.47 Å². The van der Waals surface area contributed by atoms with E-state index in [0.29, 0.717) is 51.2 Å². The molecule has 0 aliphatic rings. The second-order valence-corrected chi connectivity index (χ2v) is 8.91. The molecule has 3 rings (SSSR count). The first-order valence-electron chi connectivity index (χ1n) is 9.11. The summed E-state index contributed by atoms with van der Waals surface area (Å²) in [5.74, 6) is 1.50. The summed E-state index contributed by atoms with van der Waals surface area (Å²) in [6, 6.07) is 10.6. The Hall–Kier alpha value is -2.00. The van der Waals surface area contributed by atoms with Crippen LogP contribution in [0.1, 0.15) is 29.8 Å². The van der Waals surface area contributed by atoms with E-state index in [9.17, 15) is 4.79 Å². The van der Waals surface area contributed by atoms with E-state index in [0.717, 1.165) is 9.90 Å². The highest BCUT2D eigenvalue weighted by atomic mass is 35.5. The summed E-state index contributed by atoms with van der Waals surface area (Å²) in [7, 11) is 0. The minimum Gasteiger partial charge on any atom is -0.490 e. The summed E-state index contributed by atoms with van der Waals surface area (Å²) in [6.45, 7) is 4.75. The molecule has 0 aliphatic carbocycles. The molecule has 0 bridgehead atoms. The molecule has 1 N–H and O–H groups in total. The summed E-state index contributed by atoms with van der Waals surface area (Å²) < 4.78 is 11.8. The Morgan fingerprint density at radius 1 is 1.03 bits per heavy atom. The van der Waals surface area contributed by atoms with Crippen molar-refractivity contribution in [1.29, 1.82) is 0 Å². The third kappa shape index (κ3) is 6.01. The molecule has 1 amide bonds. The molecule has 0 fully saturated rings. The van der Waals surface area contributed by atoms with Crippen molar-refractivity contribution in [1.82, 2.24) is 10.2 Å². The maximum absolute atomic E-state index is 12.6. The van der Waals surface area contributed by atoms with Gasteiger partial charge in [0.05, 0.1) is 23.3 Å². The van der Waals surface area contributed by atoms with Crippen LogP contribution in [0.5, 0.6) is 11.5 Å². The van der Waals surface area contributed by atoms with Crippen LogP contribution in [0.3, 0.4) is 0 Å². The molecular weight excluding hydrogens is 465 g/mol. The maximum Gasteiger partial charge on any atom is 0.257 e. The Balaban J connectivity index is 1.62. The lowest BCUT2D eigenvalue weighted by atomic mass is 10.2. The Morgan fingerprint density at radius 2 is 1.80 bits per heavy atom. The molecule has 0 saturated heterocycles. The number of anilines is 1. The molecule has 2 aromatic carbocycles. The van der Waals surface area contributed by atoms with Gasteiger partial charge in [0, 0.05) is 11.3 Å². The van der Waals surface area contributed by atoms with Crippen LogP contribution in [0.2, 0.25) is 10.0 Å². The van der Waals surface area contributed by atoms with Crippen LogP contribution < -0.4 is 14.8 Å². The van der Waals surface area contributed by atoms with Gasteiger partial charge in [0.25, 0.3) is 5.91 Å². The van der Waals surface area contributed by atoms with E-state index in [1.54, 1.807) is 24.3 Å². The minimum atomic E-state index is -0.295. The first kappa shape index (κ1) is 22.7. The van der Waals surface area contributed by atoms with E-state index in [-0.39, 0.29) is 5.91 Å². The number of rotatable bonds is 9. The lowest BCUT2D eigenvalue weighted by Gasteiger charge is -2.12. The quantitative estimate of drug-likeness (QED) is 0.289. The summed E-state index contributed by atoms with van der Waals surface area (Å²) in [5, 5.41) is 12.4. The molecule has 10 heteroatoms. The molecule has 1 aromatic heterocycles. The van der Waals surface area contributed by atoms with Gasteiger partial charge in [-0.05, 0) is 49.7 Å². The molecule has 6 nitrogen and oxygen atoms in total. The Morgan fingerprint density at radius 3 is 2.53 bits per heavy atom. The van der Waals surface area contributed by atoms with Crippen molar-refractivity contribution in [2.45, 2.75) is 23.9 Å². The second kappa shape index (κ2) is 10.9. The number of hydrogen-bond acceptors (Lipinski definition) is 7. The molecule has 1 heterocycles. The largest absolute Gasteiger partial charge is 0.490 e. The lowest BCUT2D eigenvalue weighted by Crippen LogP contribution is -2.12. The number of thioether (sulfide) groups is 1. The number of halogens is 2. The van der Waals surface area contributed by atoms with Gasteiger partial charge in [-0.1, -0.05) is 52.4 Å². The predicted octanol–water partition coefficient (Wildman–Crippen LogP) is 6.19. The standard InChI is InChI=1S/C20H19Cl2N3O3S2/c1-3-27-16-8-6-13(10-17(16)28-4-2)18(26)23-19-24-25-20(30-19)29-11-12-5-7-14(21)15(22)9-12/h5-10H,3-4,11H2,1-2H3,(H,23,24,26). The molecule has 0 aliphatic heterocycles. The number of carbonyl (C=O) groups is 1. The summed E-state index contributed by atoms with van der Waals surface area (Å²) in [5.41, 5.74) is 1.47. The number of amides is 1. The average Bonchev–Trinajstić information content (AvgIpc) is 3.18. The summed E-state index contributed by atoms with van der Waals surface area (Å²) >= 11 is 14.8. The molecule has 0 spiro atoms. The number of aromatic nitrogens is 2. The van der Waals surface area contributed by atoms with E-state index in [4.69, 9.17) is 32.7 Å². The molecule has 0 unspecified atom stereocenters. The predicted molar refractivity (Wildman–Crippen MR) is 123 cm³/mol. The number of carbonyl (C=O) groups excluding carboxylic acids is 1. The highest BCUT2D eigenvalue weighted by Gasteiger charge is 2.14. The molecule has 0 saturated carbocycles. The molecule has 3 aromatic rings. The van der Waals surface area contributed by atoms with Crippen molar-refractivity contribution in [3.63, 3.8) is 0 Å². The van der Waals surface area contributed by atoms with Crippen LogP contribution in [0.25, 0.3) is 0 Å². The van der Waals surface area contributed by atoms with Crippen molar-refractivity contribution in [2.24, 2.45) is 0 Å². The van der Waals surface area contributed by atoms with Gasteiger partial charge in [-0.15, -0.1) is 10.2 Å². The van der Waals surface area contributed by atoms with Gasteiger partial charge >= 0.3 is 0 Å². The van der Waals surface area contributed by atoms with Gasteiger partial charge in [-0.3, -0.25) is 10.1 Å². The summed E-state index contributed by atoms with van der Waals surface area (Å²) in [6.07, 6.45) is 0. The molecule has 0 radical (unpaired) electrons. The van der Waals surface area contributed by atoms with Crippen molar-refractivity contribution < 1.29 is 14.3 Å². The average molecular weight is 484 g/mol. The van der Waals surface area contributed by atoms with Gasteiger partial charge in [0.1, 0.15) is 0 Å². The van der Waals surface area contributed by atoms with E-state index in [2.05, 4.69) is 15.5 Å². The number of ether oxygens (including phenoxy) is 2. The van der Waals surface area contributed by atoms with Gasteiger partial charge in [0.15, 0.2) is 15.8 Å². The van der Waals surface area contributed by atoms with Crippen molar-refractivity contribution in [3.05, 3.63) is 57.6 Å². The monoisotopic (exact) mass is 483 g/mol. The number of nitrogens with one attached hydrogen (secondary N) is 1. The van der Waals surface area contributed by atoms with E-state index in [1.807, 2.05) is 26.0 Å². The van der Waals surface area contributed by atoms with Crippen LogP contribution in [0, 0.1) is 0 Å². The first-order valence-corrected chi connectivity index (χ1v) is 11.7. The third-order valence-corrected chi connectivity index (χ3v) is 6.56. The fourth-order valence-corrected chi connectivity index (χ4v) is 4.47. The second-order valence-electron chi connectivity index (χ2n) is 5.89. The van der Waals surface area contributed by atoms with Crippen LogP contribution in [0.15, 0.2) is 40.7 Å². The Kier molecular flexibility index (Phi) is 8.21. The molecule has 30 heavy (non-hydrogen) atoms. The molecule has 158 valence electrons. The van der Waals surface area contributed by atoms with E-state index >= 15 is 0 Å². The molecular formula is C20H19Cl2N3O3S2. The maximum atomic E-state index is 12.6. The number of hydrogen-bond donors (Lipinski definition) is 1. The highest BCUT2D eigenvalue weighted by molar-refractivity contribution is 8.00. The zero-order chi connectivity index (χ0) is 21.5. The van der Waals surface area contributed by atoms with E-state index < -0.39 is 0 Å². The number of nitrogens with zero attached hydrogens (tertiary/aromatic N) is 2. The van der Waals surface area contributed by atoms with Crippen molar-refractivity contribution in [2.75, 3.05) is 18.5 Å². The zero-order valence-corrected chi connectivity index (χ0v) is 19.4. The first-order chi connectivity index (χ1) is 14.5. The Bertz CT molecular complexity index is 1030. The van der Waals surface area contributed by atoms with Gasteiger partial charge in [-0.25, -0.2) is 0 Å². The molecule has 0 atom stereocenters. The smallest absolute Gasteiger partial charge is 0.257 e. The highest BCUT2D eigenvalue weighted by Crippen LogP contribution is 2.32. The Labute approximate surface area is 192 Å². The van der Waals surface area contributed by atoms with Crippen LogP contribution in [-0.2, 0) is 5.75 Å². The topological polar surface area (TPSA) is 73.3 Å². The van der Waals surface area contributed by atoms with Gasteiger partial charge in [0.2, 0.25) is 5.13 Å². The normalized spacial score (nSPS) is 10.7.